The molecule has 156 valence electrons. The average molecular weight is 390 g/mol. The Morgan fingerprint density at radius 3 is 1.54 bits per heavy atom. The molecule has 5 heteroatoms. The number of aliphatic carboxylic acids is 1. The lowest BCUT2D eigenvalue weighted by Crippen LogP contribution is -2.44. The molecule has 0 aliphatic carbocycles. The summed E-state index contributed by atoms with van der Waals surface area (Å²) in [6.07, 6.45) is 19.6. The summed E-state index contributed by atoms with van der Waals surface area (Å²) in [7, 11) is 0. The summed E-state index contributed by atoms with van der Waals surface area (Å²) in [6.45, 7) is 2.27. The van der Waals surface area contributed by atoms with Gasteiger partial charge in [-0.05, 0) is 12.8 Å². The Kier molecular flexibility index (Phi) is 19.3. The highest BCUT2D eigenvalue weighted by Crippen LogP contribution is 2.14. The third kappa shape index (κ3) is 17.2. The number of aliphatic hydroxyl groups is 1. The van der Waals surface area contributed by atoms with Crippen molar-refractivity contribution >= 4 is 18.6 Å². The van der Waals surface area contributed by atoms with Gasteiger partial charge in [0, 0.05) is 5.75 Å². The van der Waals surface area contributed by atoms with Crippen molar-refractivity contribution in [3.05, 3.63) is 0 Å². The Morgan fingerprint density at radius 2 is 1.19 bits per heavy atom. The van der Waals surface area contributed by atoms with Gasteiger partial charge in [-0.25, -0.2) is 0 Å². The fraction of sp³-hybridized carbons (Fsp3) is 0.952. The molecular formula is C21H43NO3S. The van der Waals surface area contributed by atoms with Gasteiger partial charge in [0.15, 0.2) is 0 Å². The van der Waals surface area contributed by atoms with E-state index in [1.807, 2.05) is 0 Å². The molecule has 0 aliphatic heterocycles. The quantitative estimate of drug-likeness (QED) is 0.125. The van der Waals surface area contributed by atoms with Crippen molar-refractivity contribution in [2.45, 2.75) is 122 Å². The van der Waals surface area contributed by atoms with Crippen LogP contribution >= 0.6 is 12.6 Å². The first kappa shape index (κ1) is 25.7. The normalized spacial score (nSPS) is 13.7. The number of hydrogen-bond acceptors (Lipinski definition) is 4. The van der Waals surface area contributed by atoms with Crippen molar-refractivity contribution in [1.29, 1.82) is 0 Å². The predicted molar refractivity (Wildman–Crippen MR) is 114 cm³/mol. The number of thiol groups is 1. The number of unbranched alkanes of at least 4 members (excludes halogenated alkanes) is 14. The second-order valence-electron chi connectivity index (χ2n) is 7.49. The average Bonchev–Trinajstić information content (AvgIpc) is 2.62. The Balaban J connectivity index is 3.25. The molecule has 0 saturated carbocycles. The fourth-order valence-corrected chi connectivity index (χ4v) is 3.49. The monoisotopic (exact) mass is 389 g/mol. The number of hydrogen-bond donors (Lipinski definition) is 4. The summed E-state index contributed by atoms with van der Waals surface area (Å²) in [5.74, 6) is -0.777. The minimum atomic E-state index is -0.962. The van der Waals surface area contributed by atoms with E-state index >= 15 is 0 Å². The molecule has 4 nitrogen and oxygen atoms in total. The van der Waals surface area contributed by atoms with Crippen molar-refractivity contribution in [2.24, 2.45) is 0 Å². The zero-order chi connectivity index (χ0) is 19.5. The molecule has 0 aromatic heterocycles. The third-order valence-corrected chi connectivity index (χ3v) is 5.32. The maximum absolute atomic E-state index is 10.9. The molecule has 0 aliphatic rings. The minimum absolute atomic E-state index is 0.186. The number of nitrogens with one attached hydrogen (secondary N) is 1. The highest BCUT2D eigenvalue weighted by atomic mass is 32.1. The number of carboxylic acid groups (broad SMARTS) is 1. The number of carbonyl (C=O) groups is 1. The van der Waals surface area contributed by atoms with Gasteiger partial charge in [0.05, 0.1) is 0 Å². The van der Waals surface area contributed by atoms with E-state index in [2.05, 4.69) is 24.9 Å². The van der Waals surface area contributed by atoms with Crippen LogP contribution in [0.15, 0.2) is 0 Å². The van der Waals surface area contributed by atoms with E-state index in [-0.39, 0.29) is 5.75 Å². The van der Waals surface area contributed by atoms with Gasteiger partial charge in [0.25, 0.3) is 0 Å². The summed E-state index contributed by atoms with van der Waals surface area (Å²) < 4.78 is 0. The number of carboxylic acids is 1. The van der Waals surface area contributed by atoms with E-state index in [1.165, 1.54) is 83.5 Å². The van der Waals surface area contributed by atoms with Crippen molar-refractivity contribution in [3.8, 4) is 0 Å². The van der Waals surface area contributed by atoms with Crippen LogP contribution in [0.4, 0.5) is 0 Å². The molecule has 0 bridgehead atoms. The van der Waals surface area contributed by atoms with Gasteiger partial charge in [-0.3, -0.25) is 10.1 Å². The Bertz CT molecular complexity index is 316. The standard InChI is InChI=1S/C21H43NO3S/c1-2-3-4-5-6-7-8-9-10-11-12-13-14-15-16-17-20(23)22-19(18-26)21(24)25/h19-20,22-23,26H,2-18H2,1H3,(H,24,25). The number of rotatable bonds is 20. The van der Waals surface area contributed by atoms with Crippen LogP contribution in [0.25, 0.3) is 0 Å². The summed E-state index contributed by atoms with van der Waals surface area (Å²) in [5, 5.41) is 21.4. The summed E-state index contributed by atoms with van der Waals surface area (Å²) >= 11 is 3.98. The van der Waals surface area contributed by atoms with E-state index < -0.39 is 18.2 Å². The maximum Gasteiger partial charge on any atom is 0.321 e. The molecule has 0 aromatic carbocycles. The van der Waals surface area contributed by atoms with Crippen LogP contribution in [-0.4, -0.2) is 34.2 Å². The maximum atomic E-state index is 10.9. The largest absolute Gasteiger partial charge is 0.480 e. The van der Waals surface area contributed by atoms with Gasteiger partial charge in [0.2, 0.25) is 0 Å². The van der Waals surface area contributed by atoms with Crippen LogP contribution in [0.1, 0.15) is 110 Å². The van der Waals surface area contributed by atoms with Crippen LogP contribution in [0.5, 0.6) is 0 Å². The molecule has 0 radical (unpaired) electrons. The minimum Gasteiger partial charge on any atom is -0.480 e. The molecule has 0 rings (SSSR count). The summed E-state index contributed by atoms with van der Waals surface area (Å²) in [6, 6.07) is -0.773. The zero-order valence-corrected chi connectivity index (χ0v) is 17.8. The second-order valence-corrected chi connectivity index (χ2v) is 7.86. The molecule has 26 heavy (non-hydrogen) atoms. The lowest BCUT2D eigenvalue weighted by molar-refractivity contribution is -0.139. The van der Waals surface area contributed by atoms with E-state index in [4.69, 9.17) is 5.11 Å². The smallest absolute Gasteiger partial charge is 0.321 e. The van der Waals surface area contributed by atoms with E-state index in [0.717, 1.165) is 12.8 Å². The highest BCUT2D eigenvalue weighted by molar-refractivity contribution is 7.80. The summed E-state index contributed by atoms with van der Waals surface area (Å²) in [5.41, 5.74) is 0. The second kappa shape index (κ2) is 19.5. The Hall–Kier alpha value is -0.260. The third-order valence-electron chi connectivity index (χ3n) is 4.96. The van der Waals surface area contributed by atoms with Gasteiger partial charge in [-0.15, -0.1) is 0 Å². The molecule has 0 heterocycles. The molecule has 0 spiro atoms. The van der Waals surface area contributed by atoms with Gasteiger partial charge in [-0.2, -0.15) is 12.6 Å². The fourth-order valence-electron chi connectivity index (χ4n) is 3.23. The molecule has 3 N–H and O–H groups in total. The van der Waals surface area contributed by atoms with Crippen molar-refractivity contribution in [3.63, 3.8) is 0 Å². The van der Waals surface area contributed by atoms with Crippen LogP contribution < -0.4 is 5.32 Å². The highest BCUT2D eigenvalue weighted by Gasteiger charge is 2.18. The Labute approximate surface area is 166 Å². The van der Waals surface area contributed by atoms with Gasteiger partial charge in [-0.1, -0.05) is 96.8 Å². The lowest BCUT2D eigenvalue weighted by atomic mass is 10.0. The summed E-state index contributed by atoms with van der Waals surface area (Å²) in [4.78, 5) is 10.9. The van der Waals surface area contributed by atoms with Crippen molar-refractivity contribution in [2.75, 3.05) is 5.75 Å². The van der Waals surface area contributed by atoms with E-state index in [1.54, 1.807) is 0 Å². The van der Waals surface area contributed by atoms with Gasteiger partial charge < -0.3 is 10.2 Å². The van der Waals surface area contributed by atoms with E-state index in [0.29, 0.717) is 6.42 Å². The van der Waals surface area contributed by atoms with Crippen LogP contribution in [-0.2, 0) is 4.79 Å². The van der Waals surface area contributed by atoms with Crippen molar-refractivity contribution in [1.82, 2.24) is 5.32 Å². The molecule has 0 fully saturated rings. The first-order chi connectivity index (χ1) is 12.6. The zero-order valence-electron chi connectivity index (χ0n) is 16.9. The van der Waals surface area contributed by atoms with Gasteiger partial charge >= 0.3 is 5.97 Å². The molecule has 0 amide bonds. The molecule has 2 atom stereocenters. The molecule has 2 unspecified atom stereocenters. The lowest BCUT2D eigenvalue weighted by Gasteiger charge is -2.17. The predicted octanol–water partition coefficient (Wildman–Crippen LogP) is 5.54. The first-order valence-electron chi connectivity index (χ1n) is 10.9. The number of aliphatic hydroxyl groups excluding tert-OH is 1. The molecule has 0 aromatic rings. The molecule has 0 saturated heterocycles. The van der Waals surface area contributed by atoms with Crippen molar-refractivity contribution < 1.29 is 15.0 Å². The van der Waals surface area contributed by atoms with Crippen LogP contribution in [0.2, 0.25) is 0 Å². The topological polar surface area (TPSA) is 69.6 Å². The first-order valence-corrected chi connectivity index (χ1v) is 11.5. The molecular weight excluding hydrogens is 346 g/mol. The SMILES string of the molecule is CCCCCCCCCCCCCCCCCC(O)NC(CS)C(=O)O. The Morgan fingerprint density at radius 1 is 0.808 bits per heavy atom. The van der Waals surface area contributed by atoms with Gasteiger partial charge in [0.1, 0.15) is 12.3 Å². The van der Waals surface area contributed by atoms with Crippen LogP contribution in [0, 0.1) is 0 Å². The van der Waals surface area contributed by atoms with E-state index in [9.17, 15) is 9.90 Å². The van der Waals surface area contributed by atoms with Crippen LogP contribution in [0.3, 0.4) is 0 Å².